The molecule has 2 N–H and O–H groups in total. The number of para-hydroxylation sites is 1. The van der Waals surface area contributed by atoms with Crippen LogP contribution in [-0.4, -0.2) is 13.0 Å². The van der Waals surface area contributed by atoms with Crippen LogP contribution in [0.15, 0.2) is 36.4 Å². The summed E-state index contributed by atoms with van der Waals surface area (Å²) in [4.78, 5) is 12.3. The summed E-state index contributed by atoms with van der Waals surface area (Å²) in [5.41, 5.74) is 5.80. The molecule has 3 nitrogen and oxygen atoms in total. The van der Waals surface area contributed by atoms with E-state index in [2.05, 4.69) is 10.6 Å². The number of anilines is 2. The van der Waals surface area contributed by atoms with Crippen molar-refractivity contribution in [3.63, 3.8) is 0 Å². The Bertz CT molecular complexity index is 627. The zero-order valence-corrected chi connectivity index (χ0v) is 12.4. The Morgan fingerprint density at radius 3 is 2.15 bits per heavy atom. The molecule has 0 aliphatic carbocycles. The number of hydrogen-bond donors (Lipinski definition) is 2. The van der Waals surface area contributed by atoms with Crippen molar-refractivity contribution < 1.29 is 4.79 Å². The molecule has 2 aromatic carbocycles. The minimum Gasteiger partial charge on any atom is -0.388 e. The molecule has 1 amide bonds. The summed E-state index contributed by atoms with van der Waals surface area (Å²) in [5.74, 6) is -0.0758. The maximum atomic E-state index is 12.3. The summed E-state index contributed by atoms with van der Waals surface area (Å²) < 4.78 is 0. The topological polar surface area (TPSA) is 41.1 Å². The van der Waals surface area contributed by atoms with Gasteiger partial charge in [0.05, 0.1) is 0 Å². The zero-order valence-electron chi connectivity index (χ0n) is 12.4. The minimum absolute atomic E-state index is 0.0758. The van der Waals surface area contributed by atoms with Crippen LogP contribution in [0.4, 0.5) is 11.4 Å². The fourth-order valence-electron chi connectivity index (χ4n) is 2.28. The second-order valence-electron chi connectivity index (χ2n) is 5.00. The van der Waals surface area contributed by atoms with Crippen LogP contribution in [0.5, 0.6) is 0 Å². The lowest BCUT2D eigenvalue weighted by atomic mass is 10.1. The largest absolute Gasteiger partial charge is 0.388 e. The molecule has 0 saturated carbocycles. The van der Waals surface area contributed by atoms with Gasteiger partial charge in [0.2, 0.25) is 0 Å². The van der Waals surface area contributed by atoms with Crippen LogP contribution >= 0.6 is 0 Å². The second-order valence-corrected chi connectivity index (χ2v) is 5.00. The first-order valence-corrected chi connectivity index (χ1v) is 6.69. The molecule has 0 atom stereocenters. The average molecular weight is 268 g/mol. The van der Waals surface area contributed by atoms with Crippen LogP contribution in [-0.2, 0) is 0 Å². The zero-order chi connectivity index (χ0) is 14.7. The van der Waals surface area contributed by atoms with Gasteiger partial charge in [-0.3, -0.25) is 4.79 Å². The van der Waals surface area contributed by atoms with Gasteiger partial charge in [-0.2, -0.15) is 0 Å². The molecule has 104 valence electrons. The first-order chi connectivity index (χ1) is 9.52. The van der Waals surface area contributed by atoms with E-state index < -0.39 is 0 Å². The predicted octanol–water partition coefficient (Wildman–Crippen LogP) is 3.91. The van der Waals surface area contributed by atoms with Crippen molar-refractivity contribution in [2.24, 2.45) is 0 Å². The second kappa shape index (κ2) is 5.78. The number of rotatable bonds is 3. The van der Waals surface area contributed by atoms with E-state index in [-0.39, 0.29) is 5.91 Å². The van der Waals surface area contributed by atoms with Crippen molar-refractivity contribution in [2.45, 2.75) is 20.8 Å². The Morgan fingerprint density at radius 2 is 1.60 bits per heavy atom. The molecule has 0 saturated heterocycles. The van der Waals surface area contributed by atoms with Crippen molar-refractivity contribution >= 4 is 17.3 Å². The van der Waals surface area contributed by atoms with Crippen LogP contribution in [0.3, 0.4) is 0 Å². The molecule has 0 aromatic heterocycles. The minimum atomic E-state index is -0.0758. The lowest BCUT2D eigenvalue weighted by Gasteiger charge is -2.12. The van der Waals surface area contributed by atoms with Crippen molar-refractivity contribution in [3.05, 3.63) is 58.7 Å². The lowest BCUT2D eigenvalue weighted by molar-refractivity contribution is 0.102. The standard InChI is InChI=1S/C17H20N2O/c1-11-6-5-7-12(2)16(11)19-17(20)14-8-9-15(18-4)13(3)10-14/h5-10,18H,1-4H3,(H,19,20). The van der Waals surface area contributed by atoms with E-state index in [0.717, 1.165) is 28.1 Å². The first kappa shape index (κ1) is 14.1. The highest BCUT2D eigenvalue weighted by molar-refractivity contribution is 6.05. The molecule has 0 spiro atoms. The van der Waals surface area contributed by atoms with Gasteiger partial charge in [-0.15, -0.1) is 0 Å². The third kappa shape index (κ3) is 2.82. The summed E-state index contributed by atoms with van der Waals surface area (Å²) in [6.07, 6.45) is 0. The van der Waals surface area contributed by atoms with Crippen LogP contribution in [0.25, 0.3) is 0 Å². The van der Waals surface area contributed by atoms with Gasteiger partial charge in [0.25, 0.3) is 5.91 Å². The van der Waals surface area contributed by atoms with Crippen molar-refractivity contribution in [1.82, 2.24) is 0 Å². The van der Waals surface area contributed by atoms with Crippen LogP contribution in [0.2, 0.25) is 0 Å². The monoisotopic (exact) mass is 268 g/mol. The number of hydrogen-bond acceptors (Lipinski definition) is 2. The van der Waals surface area contributed by atoms with Gasteiger partial charge in [-0.25, -0.2) is 0 Å². The van der Waals surface area contributed by atoms with E-state index in [1.807, 2.05) is 64.2 Å². The molecule has 0 aliphatic heterocycles. The van der Waals surface area contributed by atoms with E-state index >= 15 is 0 Å². The van der Waals surface area contributed by atoms with Gasteiger partial charge >= 0.3 is 0 Å². The molecule has 0 radical (unpaired) electrons. The molecule has 0 aliphatic rings. The van der Waals surface area contributed by atoms with Gasteiger partial charge in [0.15, 0.2) is 0 Å². The summed E-state index contributed by atoms with van der Waals surface area (Å²) >= 11 is 0. The van der Waals surface area contributed by atoms with Crippen molar-refractivity contribution in [3.8, 4) is 0 Å². The summed E-state index contributed by atoms with van der Waals surface area (Å²) in [6.45, 7) is 5.98. The van der Waals surface area contributed by atoms with E-state index in [1.54, 1.807) is 0 Å². The molecular formula is C17H20N2O. The normalized spacial score (nSPS) is 10.2. The molecule has 2 aromatic rings. The molecular weight excluding hydrogens is 248 g/mol. The smallest absolute Gasteiger partial charge is 0.255 e. The van der Waals surface area contributed by atoms with Gasteiger partial charge < -0.3 is 10.6 Å². The number of benzene rings is 2. The molecule has 3 heteroatoms. The van der Waals surface area contributed by atoms with Gasteiger partial charge in [-0.1, -0.05) is 18.2 Å². The van der Waals surface area contributed by atoms with E-state index in [0.29, 0.717) is 5.56 Å². The third-order valence-electron chi connectivity index (χ3n) is 3.48. The fraction of sp³-hybridized carbons (Fsp3) is 0.235. The number of carbonyl (C=O) groups excluding carboxylic acids is 1. The quantitative estimate of drug-likeness (QED) is 0.886. The Morgan fingerprint density at radius 1 is 0.950 bits per heavy atom. The molecule has 2 rings (SSSR count). The number of aryl methyl sites for hydroxylation is 3. The molecule has 20 heavy (non-hydrogen) atoms. The maximum absolute atomic E-state index is 12.3. The summed E-state index contributed by atoms with van der Waals surface area (Å²) in [7, 11) is 1.87. The van der Waals surface area contributed by atoms with E-state index in [1.165, 1.54) is 0 Å². The van der Waals surface area contributed by atoms with E-state index in [4.69, 9.17) is 0 Å². The Balaban J connectivity index is 2.26. The van der Waals surface area contributed by atoms with Crippen LogP contribution in [0.1, 0.15) is 27.0 Å². The lowest BCUT2D eigenvalue weighted by Crippen LogP contribution is -2.14. The van der Waals surface area contributed by atoms with Crippen LogP contribution in [0, 0.1) is 20.8 Å². The highest BCUT2D eigenvalue weighted by Crippen LogP contribution is 2.21. The summed E-state index contributed by atoms with van der Waals surface area (Å²) in [6, 6.07) is 11.6. The SMILES string of the molecule is CNc1ccc(C(=O)Nc2c(C)cccc2C)cc1C. The third-order valence-corrected chi connectivity index (χ3v) is 3.48. The summed E-state index contributed by atoms with van der Waals surface area (Å²) in [5, 5.41) is 6.10. The van der Waals surface area contributed by atoms with Crippen molar-refractivity contribution in [1.29, 1.82) is 0 Å². The highest BCUT2D eigenvalue weighted by atomic mass is 16.1. The Labute approximate surface area is 120 Å². The highest BCUT2D eigenvalue weighted by Gasteiger charge is 2.10. The van der Waals surface area contributed by atoms with Gasteiger partial charge in [0.1, 0.15) is 0 Å². The number of carbonyl (C=O) groups is 1. The number of amides is 1. The van der Waals surface area contributed by atoms with Gasteiger partial charge in [0, 0.05) is 24.0 Å². The van der Waals surface area contributed by atoms with E-state index in [9.17, 15) is 4.79 Å². The Hall–Kier alpha value is -2.29. The molecule has 0 fully saturated rings. The van der Waals surface area contributed by atoms with Gasteiger partial charge in [-0.05, 0) is 55.7 Å². The Kier molecular flexibility index (Phi) is 4.08. The van der Waals surface area contributed by atoms with Crippen molar-refractivity contribution in [2.75, 3.05) is 17.7 Å². The van der Waals surface area contributed by atoms with Crippen LogP contribution < -0.4 is 10.6 Å². The average Bonchev–Trinajstić information content (AvgIpc) is 2.42. The predicted molar refractivity (Wildman–Crippen MR) is 84.6 cm³/mol. The molecule has 0 unspecified atom stereocenters. The molecule has 0 heterocycles. The fourth-order valence-corrected chi connectivity index (χ4v) is 2.28. The molecule has 0 bridgehead atoms. The first-order valence-electron chi connectivity index (χ1n) is 6.69. The number of nitrogens with one attached hydrogen (secondary N) is 2. The maximum Gasteiger partial charge on any atom is 0.255 e.